The van der Waals surface area contributed by atoms with Crippen LogP contribution in [0.1, 0.15) is 19.8 Å². The van der Waals surface area contributed by atoms with Gasteiger partial charge in [-0.3, -0.25) is 4.57 Å². The van der Waals surface area contributed by atoms with Gasteiger partial charge in [0.05, 0.1) is 0 Å². The third-order valence-electron chi connectivity index (χ3n) is 3.50. The van der Waals surface area contributed by atoms with Gasteiger partial charge in [0.25, 0.3) is 0 Å². The first-order valence-corrected chi connectivity index (χ1v) is 8.71. The number of aromatic hydroxyl groups is 1. The van der Waals surface area contributed by atoms with Crippen molar-refractivity contribution in [1.82, 2.24) is 14.8 Å². The fraction of sp³-hybridized carbons (Fsp3) is 0.222. The van der Waals surface area contributed by atoms with Gasteiger partial charge in [0.1, 0.15) is 5.75 Å². The fourth-order valence-corrected chi connectivity index (χ4v) is 3.31. The van der Waals surface area contributed by atoms with Crippen LogP contribution in [0, 0.1) is 0 Å². The van der Waals surface area contributed by atoms with E-state index in [1.807, 2.05) is 30.3 Å². The number of hydrogen-bond acceptors (Lipinski definition) is 4. The second-order valence-electron chi connectivity index (χ2n) is 5.23. The van der Waals surface area contributed by atoms with Crippen LogP contribution in [0.25, 0.3) is 17.1 Å². The molecule has 118 valence electrons. The number of benzene rings is 2. The Labute approximate surface area is 140 Å². The summed E-state index contributed by atoms with van der Waals surface area (Å²) in [7, 11) is 0. The smallest absolute Gasteiger partial charge is 0.196 e. The molecule has 1 N–H and O–H groups in total. The average Bonchev–Trinajstić information content (AvgIpc) is 3.00. The Bertz CT molecular complexity index is 754. The number of para-hydroxylation sites is 1. The molecule has 0 saturated carbocycles. The summed E-state index contributed by atoms with van der Waals surface area (Å²) in [6, 6.07) is 17.2. The Kier molecular flexibility index (Phi) is 4.98. The Hall–Kier alpha value is -2.27. The topological polar surface area (TPSA) is 50.9 Å². The summed E-state index contributed by atoms with van der Waals surface area (Å²) in [5.41, 5.74) is 1.97. The predicted octanol–water partition coefficient (Wildman–Crippen LogP) is 4.53. The monoisotopic (exact) mass is 325 g/mol. The van der Waals surface area contributed by atoms with Gasteiger partial charge in [-0.1, -0.05) is 43.3 Å². The maximum atomic E-state index is 9.49. The van der Waals surface area contributed by atoms with Crippen molar-refractivity contribution in [3.63, 3.8) is 0 Å². The molecule has 5 heteroatoms. The molecule has 0 bridgehead atoms. The first-order valence-electron chi connectivity index (χ1n) is 7.72. The van der Waals surface area contributed by atoms with Gasteiger partial charge < -0.3 is 5.11 Å². The molecule has 2 aromatic carbocycles. The van der Waals surface area contributed by atoms with Crippen LogP contribution in [0.4, 0.5) is 0 Å². The molecule has 0 amide bonds. The van der Waals surface area contributed by atoms with Crippen molar-refractivity contribution in [2.75, 3.05) is 5.75 Å². The first-order chi connectivity index (χ1) is 11.3. The van der Waals surface area contributed by atoms with Gasteiger partial charge in [-0.15, -0.1) is 10.2 Å². The summed E-state index contributed by atoms with van der Waals surface area (Å²) in [4.78, 5) is 0. The summed E-state index contributed by atoms with van der Waals surface area (Å²) in [5, 5.41) is 19.1. The summed E-state index contributed by atoms with van der Waals surface area (Å²) in [6.07, 6.45) is 2.32. The number of aromatic nitrogens is 3. The summed E-state index contributed by atoms with van der Waals surface area (Å²) >= 11 is 1.73. The number of hydrogen-bond donors (Lipinski definition) is 1. The SMILES string of the molecule is CCCCSc1nnc(-c2ccc(O)cc2)n1-c1ccccc1. The lowest BCUT2D eigenvalue weighted by Gasteiger charge is -2.10. The molecule has 0 aliphatic carbocycles. The number of nitrogens with zero attached hydrogens (tertiary/aromatic N) is 3. The number of rotatable bonds is 6. The zero-order valence-corrected chi connectivity index (χ0v) is 13.8. The molecular formula is C18H19N3OS. The van der Waals surface area contributed by atoms with Gasteiger partial charge in [-0.25, -0.2) is 0 Å². The largest absolute Gasteiger partial charge is 0.508 e. The van der Waals surface area contributed by atoms with E-state index in [1.165, 1.54) is 0 Å². The van der Waals surface area contributed by atoms with E-state index in [9.17, 15) is 5.11 Å². The van der Waals surface area contributed by atoms with Gasteiger partial charge in [0, 0.05) is 17.0 Å². The van der Waals surface area contributed by atoms with Crippen molar-refractivity contribution < 1.29 is 5.11 Å². The highest BCUT2D eigenvalue weighted by molar-refractivity contribution is 7.99. The van der Waals surface area contributed by atoms with Crippen LogP contribution < -0.4 is 0 Å². The van der Waals surface area contributed by atoms with Crippen molar-refractivity contribution >= 4 is 11.8 Å². The van der Waals surface area contributed by atoms with E-state index >= 15 is 0 Å². The zero-order valence-electron chi connectivity index (χ0n) is 13.0. The van der Waals surface area contributed by atoms with Gasteiger partial charge in [-0.2, -0.15) is 0 Å². The van der Waals surface area contributed by atoms with E-state index in [0.717, 1.165) is 40.8 Å². The number of unbranched alkanes of at least 4 members (excludes halogenated alkanes) is 1. The highest BCUT2D eigenvalue weighted by Crippen LogP contribution is 2.29. The molecule has 0 fully saturated rings. The van der Waals surface area contributed by atoms with Gasteiger partial charge in [0.2, 0.25) is 0 Å². The standard InChI is InChI=1S/C18H19N3OS/c1-2-3-13-23-18-20-19-17(14-9-11-16(22)12-10-14)21(18)15-7-5-4-6-8-15/h4-12,22H,2-3,13H2,1H3. The molecular weight excluding hydrogens is 306 g/mol. The minimum atomic E-state index is 0.247. The lowest BCUT2D eigenvalue weighted by Crippen LogP contribution is -1.99. The van der Waals surface area contributed by atoms with E-state index in [2.05, 4.69) is 33.8 Å². The van der Waals surface area contributed by atoms with E-state index in [-0.39, 0.29) is 5.75 Å². The van der Waals surface area contributed by atoms with E-state index in [4.69, 9.17) is 0 Å². The Balaban J connectivity index is 2.04. The summed E-state index contributed by atoms with van der Waals surface area (Å²) in [6.45, 7) is 2.18. The number of phenolic OH excluding ortho intramolecular Hbond substituents is 1. The molecule has 0 unspecified atom stereocenters. The number of phenols is 1. The van der Waals surface area contributed by atoms with E-state index in [0.29, 0.717) is 0 Å². The lowest BCUT2D eigenvalue weighted by molar-refractivity contribution is 0.475. The summed E-state index contributed by atoms with van der Waals surface area (Å²) < 4.78 is 2.08. The average molecular weight is 325 g/mol. The second-order valence-corrected chi connectivity index (χ2v) is 6.29. The predicted molar refractivity (Wildman–Crippen MR) is 94.1 cm³/mol. The van der Waals surface area contributed by atoms with Crippen molar-refractivity contribution in [2.24, 2.45) is 0 Å². The third kappa shape index (κ3) is 3.56. The molecule has 0 aliphatic heterocycles. The minimum Gasteiger partial charge on any atom is -0.508 e. The van der Waals surface area contributed by atoms with Crippen molar-refractivity contribution in [3.05, 3.63) is 54.6 Å². The maximum Gasteiger partial charge on any atom is 0.196 e. The van der Waals surface area contributed by atoms with E-state index in [1.54, 1.807) is 23.9 Å². The molecule has 0 spiro atoms. The van der Waals surface area contributed by atoms with Crippen LogP contribution in [0.2, 0.25) is 0 Å². The van der Waals surface area contributed by atoms with Crippen LogP contribution in [0.5, 0.6) is 5.75 Å². The van der Waals surface area contributed by atoms with Crippen LogP contribution in [-0.4, -0.2) is 25.6 Å². The fourth-order valence-electron chi connectivity index (χ4n) is 2.28. The van der Waals surface area contributed by atoms with Gasteiger partial charge in [-0.05, 0) is 42.8 Å². The third-order valence-corrected chi connectivity index (χ3v) is 4.52. The molecule has 4 nitrogen and oxygen atoms in total. The van der Waals surface area contributed by atoms with Crippen molar-refractivity contribution in [3.8, 4) is 22.8 Å². The zero-order chi connectivity index (χ0) is 16.1. The Morgan fingerprint density at radius 3 is 2.43 bits per heavy atom. The van der Waals surface area contributed by atoms with Crippen LogP contribution in [0.15, 0.2) is 59.8 Å². The highest BCUT2D eigenvalue weighted by atomic mass is 32.2. The molecule has 3 aromatic rings. The van der Waals surface area contributed by atoms with Crippen molar-refractivity contribution in [1.29, 1.82) is 0 Å². The second kappa shape index (κ2) is 7.33. The maximum absolute atomic E-state index is 9.49. The number of thioether (sulfide) groups is 1. The van der Waals surface area contributed by atoms with Crippen LogP contribution >= 0.6 is 11.8 Å². The molecule has 1 heterocycles. The minimum absolute atomic E-state index is 0.247. The first kappa shape index (κ1) is 15.6. The Morgan fingerprint density at radius 2 is 1.74 bits per heavy atom. The summed E-state index contributed by atoms with van der Waals surface area (Å²) in [5.74, 6) is 2.06. The van der Waals surface area contributed by atoms with Gasteiger partial charge >= 0.3 is 0 Å². The lowest BCUT2D eigenvalue weighted by atomic mass is 10.2. The molecule has 0 saturated heterocycles. The molecule has 23 heavy (non-hydrogen) atoms. The highest BCUT2D eigenvalue weighted by Gasteiger charge is 2.15. The van der Waals surface area contributed by atoms with Crippen LogP contribution in [0.3, 0.4) is 0 Å². The van der Waals surface area contributed by atoms with Gasteiger partial charge in [0.15, 0.2) is 11.0 Å². The molecule has 3 rings (SSSR count). The normalized spacial score (nSPS) is 10.8. The van der Waals surface area contributed by atoms with E-state index < -0.39 is 0 Å². The molecule has 1 aromatic heterocycles. The quantitative estimate of drug-likeness (QED) is 0.534. The van der Waals surface area contributed by atoms with Crippen molar-refractivity contribution in [2.45, 2.75) is 24.9 Å². The molecule has 0 radical (unpaired) electrons. The molecule has 0 aliphatic rings. The van der Waals surface area contributed by atoms with Crippen LogP contribution in [-0.2, 0) is 0 Å². The molecule has 0 atom stereocenters. The Morgan fingerprint density at radius 1 is 1.00 bits per heavy atom.